The Hall–Kier alpha value is -0.340. The monoisotopic (exact) mass is 167 g/mol. The van der Waals surface area contributed by atoms with E-state index < -0.39 is 0 Å². The number of likely N-dealkylation sites (tertiary alicyclic amines) is 1. The van der Waals surface area contributed by atoms with E-state index in [0.717, 1.165) is 19.8 Å². The Labute approximate surface area is 74.2 Å². The van der Waals surface area contributed by atoms with Crippen molar-refractivity contribution in [1.29, 1.82) is 0 Å². The van der Waals surface area contributed by atoms with Crippen LogP contribution in [0, 0.1) is 0 Å². The van der Waals surface area contributed by atoms with Crippen LogP contribution < -0.4 is 0 Å². The van der Waals surface area contributed by atoms with Gasteiger partial charge in [0.15, 0.2) is 0 Å². The highest BCUT2D eigenvalue weighted by molar-refractivity contribution is 5.02. The molecule has 0 radical (unpaired) electrons. The molecule has 2 heteroatoms. The fourth-order valence-corrected chi connectivity index (χ4v) is 2.34. The van der Waals surface area contributed by atoms with Crippen LogP contribution in [0.1, 0.15) is 19.3 Å². The largest absolute Gasteiger partial charge is 0.381 e. The molecule has 0 aliphatic carbocycles. The van der Waals surface area contributed by atoms with E-state index in [0.29, 0.717) is 5.54 Å². The van der Waals surface area contributed by atoms with Crippen LogP contribution in [0.25, 0.3) is 0 Å². The summed E-state index contributed by atoms with van der Waals surface area (Å²) in [4.78, 5) is 2.54. The summed E-state index contributed by atoms with van der Waals surface area (Å²) in [5.41, 5.74) is 0.506. The van der Waals surface area contributed by atoms with Gasteiger partial charge in [-0.25, -0.2) is 0 Å². The summed E-state index contributed by atoms with van der Waals surface area (Å²) in [6.07, 6.45) is 5.82. The molecule has 0 N–H and O–H groups in total. The van der Waals surface area contributed by atoms with Gasteiger partial charge >= 0.3 is 0 Å². The molecule has 2 saturated heterocycles. The zero-order valence-electron chi connectivity index (χ0n) is 7.59. The second-order valence-electron chi connectivity index (χ2n) is 3.82. The first-order valence-corrected chi connectivity index (χ1v) is 4.81. The van der Waals surface area contributed by atoms with E-state index in [2.05, 4.69) is 11.5 Å². The average Bonchev–Trinajstić information content (AvgIpc) is 2.14. The molecular formula is C10H17NO. The topological polar surface area (TPSA) is 12.5 Å². The molecule has 0 bridgehead atoms. The fourth-order valence-electron chi connectivity index (χ4n) is 2.34. The van der Waals surface area contributed by atoms with Crippen molar-refractivity contribution >= 4 is 0 Å². The van der Waals surface area contributed by atoms with Crippen LogP contribution in [0.15, 0.2) is 12.7 Å². The summed E-state index contributed by atoms with van der Waals surface area (Å²) in [7, 11) is 0. The maximum atomic E-state index is 5.37. The van der Waals surface area contributed by atoms with E-state index >= 15 is 0 Å². The van der Waals surface area contributed by atoms with Gasteiger partial charge in [-0.1, -0.05) is 6.08 Å². The zero-order chi connectivity index (χ0) is 8.44. The van der Waals surface area contributed by atoms with Crippen molar-refractivity contribution in [2.24, 2.45) is 0 Å². The molecule has 0 saturated carbocycles. The molecular weight excluding hydrogens is 150 g/mol. The molecule has 2 fully saturated rings. The summed E-state index contributed by atoms with van der Waals surface area (Å²) in [5.74, 6) is 0. The van der Waals surface area contributed by atoms with Crippen molar-refractivity contribution in [2.75, 3.05) is 26.3 Å². The Morgan fingerprint density at radius 1 is 1.33 bits per heavy atom. The SMILES string of the molecule is C=CCN1CCC12CCOCC2. The Kier molecular flexibility index (Phi) is 2.20. The van der Waals surface area contributed by atoms with Crippen molar-refractivity contribution in [2.45, 2.75) is 24.8 Å². The van der Waals surface area contributed by atoms with Gasteiger partial charge in [0.25, 0.3) is 0 Å². The lowest BCUT2D eigenvalue weighted by atomic mass is 9.78. The number of hydrogen-bond acceptors (Lipinski definition) is 2. The minimum absolute atomic E-state index is 0.506. The molecule has 0 aromatic carbocycles. The quantitative estimate of drug-likeness (QED) is 0.577. The second kappa shape index (κ2) is 3.19. The third-order valence-electron chi connectivity index (χ3n) is 3.29. The summed E-state index contributed by atoms with van der Waals surface area (Å²) in [6, 6.07) is 0. The summed E-state index contributed by atoms with van der Waals surface area (Å²) in [6.45, 7) is 8.00. The normalized spacial score (nSPS) is 28.3. The highest BCUT2D eigenvalue weighted by atomic mass is 16.5. The van der Waals surface area contributed by atoms with E-state index in [4.69, 9.17) is 4.74 Å². The molecule has 12 heavy (non-hydrogen) atoms. The Morgan fingerprint density at radius 3 is 2.58 bits per heavy atom. The summed E-state index contributed by atoms with van der Waals surface area (Å²) < 4.78 is 5.37. The molecule has 2 aliphatic rings. The van der Waals surface area contributed by atoms with Gasteiger partial charge in [0.05, 0.1) is 0 Å². The molecule has 0 amide bonds. The minimum atomic E-state index is 0.506. The lowest BCUT2D eigenvalue weighted by molar-refractivity contribution is -0.0833. The molecule has 0 atom stereocenters. The van der Waals surface area contributed by atoms with E-state index in [1.54, 1.807) is 0 Å². The number of hydrogen-bond donors (Lipinski definition) is 0. The van der Waals surface area contributed by atoms with Gasteiger partial charge in [0.2, 0.25) is 0 Å². The second-order valence-corrected chi connectivity index (χ2v) is 3.82. The lowest BCUT2D eigenvalue weighted by Crippen LogP contribution is -2.61. The molecule has 2 nitrogen and oxygen atoms in total. The van der Waals surface area contributed by atoms with Gasteiger partial charge in [-0.15, -0.1) is 6.58 Å². The number of nitrogens with zero attached hydrogens (tertiary/aromatic N) is 1. The van der Waals surface area contributed by atoms with Gasteiger partial charge in [0, 0.05) is 31.8 Å². The molecule has 1 spiro atoms. The van der Waals surface area contributed by atoms with E-state index in [1.807, 2.05) is 6.08 Å². The van der Waals surface area contributed by atoms with E-state index in [-0.39, 0.29) is 0 Å². The van der Waals surface area contributed by atoms with Gasteiger partial charge in [0.1, 0.15) is 0 Å². The number of ether oxygens (including phenoxy) is 1. The van der Waals surface area contributed by atoms with Crippen LogP contribution in [0.3, 0.4) is 0 Å². The summed E-state index contributed by atoms with van der Waals surface area (Å²) in [5, 5.41) is 0. The smallest absolute Gasteiger partial charge is 0.0483 e. The molecule has 0 aromatic rings. The van der Waals surface area contributed by atoms with Crippen LogP contribution in [0.5, 0.6) is 0 Å². The molecule has 2 heterocycles. The number of rotatable bonds is 2. The van der Waals surface area contributed by atoms with Crippen molar-refractivity contribution in [3.63, 3.8) is 0 Å². The standard InChI is InChI=1S/C10H17NO/c1-2-6-11-7-3-10(11)4-8-12-9-5-10/h2H,1,3-9H2. The van der Waals surface area contributed by atoms with Gasteiger partial charge in [-0.05, 0) is 19.3 Å². The molecule has 2 aliphatic heterocycles. The van der Waals surface area contributed by atoms with Crippen LogP contribution in [-0.2, 0) is 4.74 Å². The van der Waals surface area contributed by atoms with Gasteiger partial charge in [-0.3, -0.25) is 4.90 Å². The molecule has 2 rings (SSSR count). The molecule has 68 valence electrons. The fraction of sp³-hybridized carbons (Fsp3) is 0.800. The first kappa shape index (κ1) is 8.27. The maximum Gasteiger partial charge on any atom is 0.0483 e. The third kappa shape index (κ3) is 1.19. The highest BCUT2D eigenvalue weighted by Crippen LogP contribution is 2.38. The van der Waals surface area contributed by atoms with Crippen molar-refractivity contribution < 1.29 is 4.74 Å². The molecule has 0 unspecified atom stereocenters. The van der Waals surface area contributed by atoms with Crippen molar-refractivity contribution in [3.05, 3.63) is 12.7 Å². The maximum absolute atomic E-state index is 5.37. The van der Waals surface area contributed by atoms with E-state index in [1.165, 1.54) is 25.8 Å². The van der Waals surface area contributed by atoms with Gasteiger partial charge in [-0.2, -0.15) is 0 Å². The molecule has 0 aromatic heterocycles. The Bertz CT molecular complexity index is 173. The Morgan fingerprint density at radius 2 is 2.08 bits per heavy atom. The van der Waals surface area contributed by atoms with E-state index in [9.17, 15) is 0 Å². The van der Waals surface area contributed by atoms with Crippen molar-refractivity contribution in [1.82, 2.24) is 4.90 Å². The van der Waals surface area contributed by atoms with Crippen LogP contribution in [0.4, 0.5) is 0 Å². The predicted octanol–water partition coefficient (Wildman–Crippen LogP) is 1.43. The van der Waals surface area contributed by atoms with Crippen LogP contribution >= 0.6 is 0 Å². The first-order valence-electron chi connectivity index (χ1n) is 4.81. The summed E-state index contributed by atoms with van der Waals surface area (Å²) >= 11 is 0. The van der Waals surface area contributed by atoms with Crippen molar-refractivity contribution in [3.8, 4) is 0 Å². The zero-order valence-corrected chi connectivity index (χ0v) is 7.59. The Balaban J connectivity index is 1.95. The predicted molar refractivity (Wildman–Crippen MR) is 49.2 cm³/mol. The first-order chi connectivity index (χ1) is 5.87. The lowest BCUT2D eigenvalue weighted by Gasteiger charge is -2.54. The van der Waals surface area contributed by atoms with Gasteiger partial charge < -0.3 is 4.74 Å². The minimum Gasteiger partial charge on any atom is -0.381 e. The third-order valence-corrected chi connectivity index (χ3v) is 3.29. The highest BCUT2D eigenvalue weighted by Gasteiger charge is 2.44. The van der Waals surface area contributed by atoms with Crippen LogP contribution in [0.2, 0.25) is 0 Å². The van der Waals surface area contributed by atoms with Crippen LogP contribution in [-0.4, -0.2) is 36.7 Å². The average molecular weight is 167 g/mol.